The highest BCUT2D eigenvalue weighted by Gasteiger charge is 2.46. The number of aliphatic hydroxyl groups excluding tert-OH is 1. The summed E-state index contributed by atoms with van der Waals surface area (Å²) >= 11 is 0. The largest absolute Gasteiger partial charge is 0.497 e. The summed E-state index contributed by atoms with van der Waals surface area (Å²) in [5, 5.41) is 12.1. The summed E-state index contributed by atoms with van der Waals surface area (Å²) in [5.41, 5.74) is 8.24. The Kier molecular flexibility index (Phi) is 7.88. The minimum atomic E-state index is -0.893. The SMILES string of the molecule is COc1ccc(C[C@H](N)C(=O)N2CCC[C@@]2(C)C(=O)NCCc2ccc(CO)cc2)cc1. The highest BCUT2D eigenvalue weighted by molar-refractivity contribution is 5.93. The van der Waals surface area contributed by atoms with E-state index in [-0.39, 0.29) is 18.4 Å². The average molecular weight is 440 g/mol. The quantitative estimate of drug-likeness (QED) is 0.553. The van der Waals surface area contributed by atoms with Gasteiger partial charge in [0.2, 0.25) is 11.8 Å². The monoisotopic (exact) mass is 439 g/mol. The fourth-order valence-corrected chi connectivity index (χ4v) is 4.18. The van der Waals surface area contributed by atoms with Crippen molar-refractivity contribution < 1.29 is 19.4 Å². The zero-order chi connectivity index (χ0) is 23.1. The molecule has 2 amide bonds. The molecule has 2 aromatic rings. The lowest BCUT2D eigenvalue weighted by molar-refractivity contribution is -0.144. The van der Waals surface area contributed by atoms with E-state index in [0.29, 0.717) is 32.4 Å². The van der Waals surface area contributed by atoms with Crippen molar-refractivity contribution in [1.82, 2.24) is 10.2 Å². The van der Waals surface area contributed by atoms with Gasteiger partial charge in [0.1, 0.15) is 11.3 Å². The van der Waals surface area contributed by atoms with Crippen molar-refractivity contribution in [1.29, 1.82) is 0 Å². The second-order valence-corrected chi connectivity index (χ2v) is 8.51. The minimum absolute atomic E-state index is 0.0137. The van der Waals surface area contributed by atoms with Gasteiger partial charge in [-0.05, 0) is 61.4 Å². The van der Waals surface area contributed by atoms with E-state index in [1.165, 1.54) is 0 Å². The molecule has 0 bridgehead atoms. The van der Waals surface area contributed by atoms with Crippen molar-refractivity contribution in [2.24, 2.45) is 5.73 Å². The van der Waals surface area contributed by atoms with E-state index in [0.717, 1.165) is 28.9 Å². The minimum Gasteiger partial charge on any atom is -0.497 e. The van der Waals surface area contributed by atoms with Crippen molar-refractivity contribution in [3.8, 4) is 5.75 Å². The molecule has 0 spiro atoms. The number of rotatable bonds is 9. The maximum atomic E-state index is 13.1. The van der Waals surface area contributed by atoms with E-state index in [4.69, 9.17) is 15.6 Å². The third-order valence-electron chi connectivity index (χ3n) is 6.23. The van der Waals surface area contributed by atoms with E-state index in [9.17, 15) is 9.59 Å². The number of methoxy groups -OCH3 is 1. The van der Waals surface area contributed by atoms with Crippen LogP contribution in [-0.2, 0) is 29.0 Å². The predicted octanol–water partition coefficient (Wildman–Crippen LogP) is 1.80. The number of ether oxygens (including phenoxy) is 1. The second-order valence-electron chi connectivity index (χ2n) is 8.51. The number of carbonyl (C=O) groups is 2. The van der Waals surface area contributed by atoms with Crippen LogP contribution in [-0.4, -0.2) is 53.6 Å². The van der Waals surface area contributed by atoms with Gasteiger partial charge in [0.05, 0.1) is 19.8 Å². The molecule has 0 unspecified atom stereocenters. The van der Waals surface area contributed by atoms with Gasteiger partial charge in [0.15, 0.2) is 0 Å². The van der Waals surface area contributed by atoms with Gasteiger partial charge in [-0.3, -0.25) is 9.59 Å². The number of carbonyl (C=O) groups excluding carboxylic acids is 2. The van der Waals surface area contributed by atoms with Crippen LogP contribution in [0.2, 0.25) is 0 Å². The van der Waals surface area contributed by atoms with Gasteiger partial charge >= 0.3 is 0 Å². The average Bonchev–Trinajstić information content (AvgIpc) is 3.22. The van der Waals surface area contributed by atoms with Gasteiger partial charge in [-0.25, -0.2) is 0 Å². The summed E-state index contributed by atoms with van der Waals surface area (Å²) in [5.74, 6) is 0.407. The van der Waals surface area contributed by atoms with Crippen LogP contribution >= 0.6 is 0 Å². The van der Waals surface area contributed by atoms with Gasteiger partial charge in [-0.1, -0.05) is 36.4 Å². The summed E-state index contributed by atoms with van der Waals surface area (Å²) in [6.07, 6.45) is 2.47. The topological polar surface area (TPSA) is 105 Å². The molecule has 0 aromatic heterocycles. The van der Waals surface area contributed by atoms with E-state index < -0.39 is 11.6 Å². The first kappa shape index (κ1) is 23.8. The Labute approximate surface area is 189 Å². The first-order chi connectivity index (χ1) is 15.4. The van der Waals surface area contributed by atoms with Gasteiger partial charge in [-0.2, -0.15) is 0 Å². The molecule has 7 heteroatoms. The molecule has 2 aromatic carbocycles. The zero-order valence-electron chi connectivity index (χ0n) is 18.8. The van der Waals surface area contributed by atoms with E-state index >= 15 is 0 Å². The maximum absolute atomic E-state index is 13.1. The summed E-state index contributed by atoms with van der Waals surface area (Å²) in [7, 11) is 1.61. The van der Waals surface area contributed by atoms with Crippen LogP contribution in [0.15, 0.2) is 48.5 Å². The summed E-state index contributed by atoms with van der Waals surface area (Å²) in [4.78, 5) is 27.8. The number of likely N-dealkylation sites (tertiary alicyclic amines) is 1. The molecule has 7 nitrogen and oxygen atoms in total. The zero-order valence-corrected chi connectivity index (χ0v) is 18.8. The molecule has 3 rings (SSSR count). The second kappa shape index (κ2) is 10.6. The van der Waals surface area contributed by atoms with Gasteiger partial charge < -0.3 is 25.8 Å². The Balaban J connectivity index is 1.57. The molecule has 1 aliphatic rings. The number of nitrogens with two attached hydrogens (primary N) is 1. The fourth-order valence-electron chi connectivity index (χ4n) is 4.18. The molecule has 1 aliphatic heterocycles. The Morgan fingerprint density at radius 2 is 1.75 bits per heavy atom. The number of amides is 2. The number of nitrogens with one attached hydrogen (secondary N) is 1. The Morgan fingerprint density at radius 3 is 2.38 bits per heavy atom. The van der Waals surface area contributed by atoms with Crippen molar-refractivity contribution in [2.75, 3.05) is 20.2 Å². The van der Waals surface area contributed by atoms with Gasteiger partial charge in [0.25, 0.3) is 0 Å². The molecule has 32 heavy (non-hydrogen) atoms. The highest BCUT2D eigenvalue weighted by atomic mass is 16.5. The molecular weight excluding hydrogens is 406 g/mol. The molecular formula is C25H33N3O4. The lowest BCUT2D eigenvalue weighted by Crippen LogP contribution is -2.59. The summed E-state index contributed by atoms with van der Waals surface area (Å²) in [6.45, 7) is 2.84. The third-order valence-corrected chi connectivity index (χ3v) is 6.23. The molecule has 0 radical (unpaired) electrons. The molecule has 2 atom stereocenters. The van der Waals surface area contributed by atoms with Crippen LogP contribution in [0.25, 0.3) is 0 Å². The first-order valence-corrected chi connectivity index (χ1v) is 11.0. The maximum Gasteiger partial charge on any atom is 0.245 e. The molecule has 0 saturated carbocycles. The van der Waals surface area contributed by atoms with Crippen molar-refractivity contribution in [2.45, 2.75) is 50.8 Å². The summed E-state index contributed by atoms with van der Waals surface area (Å²) in [6, 6.07) is 14.4. The molecule has 1 heterocycles. The number of nitrogens with zero attached hydrogens (tertiary/aromatic N) is 1. The van der Waals surface area contributed by atoms with Crippen LogP contribution in [0.4, 0.5) is 0 Å². The predicted molar refractivity (Wildman–Crippen MR) is 123 cm³/mol. The Morgan fingerprint density at radius 1 is 1.12 bits per heavy atom. The van der Waals surface area contributed by atoms with Crippen LogP contribution in [0.5, 0.6) is 5.75 Å². The van der Waals surface area contributed by atoms with Gasteiger partial charge in [0, 0.05) is 13.1 Å². The normalized spacial score (nSPS) is 18.9. The van der Waals surface area contributed by atoms with E-state index in [1.807, 2.05) is 55.5 Å². The van der Waals surface area contributed by atoms with Crippen molar-refractivity contribution in [3.63, 3.8) is 0 Å². The fraction of sp³-hybridized carbons (Fsp3) is 0.440. The smallest absolute Gasteiger partial charge is 0.245 e. The summed E-state index contributed by atoms with van der Waals surface area (Å²) < 4.78 is 5.17. The van der Waals surface area contributed by atoms with Crippen LogP contribution < -0.4 is 15.8 Å². The van der Waals surface area contributed by atoms with Crippen LogP contribution in [0.3, 0.4) is 0 Å². The molecule has 1 fully saturated rings. The Hall–Kier alpha value is -2.90. The lowest BCUT2D eigenvalue weighted by atomic mass is 9.96. The number of benzene rings is 2. The van der Waals surface area contributed by atoms with E-state index in [2.05, 4.69) is 5.32 Å². The molecule has 172 valence electrons. The Bertz CT molecular complexity index is 914. The van der Waals surface area contributed by atoms with Gasteiger partial charge in [-0.15, -0.1) is 0 Å². The third kappa shape index (κ3) is 5.47. The standard InChI is InChI=1S/C25H33N3O4/c1-25(24(31)27-14-12-18-4-6-20(17-29)7-5-18)13-3-15-28(25)23(30)22(26)16-19-8-10-21(32-2)11-9-19/h4-11,22,29H,3,12-17,26H2,1-2H3,(H,27,31)/t22-,25-/m0/s1. The van der Waals surface area contributed by atoms with E-state index in [1.54, 1.807) is 12.0 Å². The molecule has 1 saturated heterocycles. The molecule has 0 aliphatic carbocycles. The highest BCUT2D eigenvalue weighted by Crippen LogP contribution is 2.30. The lowest BCUT2D eigenvalue weighted by Gasteiger charge is -2.35. The first-order valence-electron chi connectivity index (χ1n) is 11.0. The van der Waals surface area contributed by atoms with Crippen molar-refractivity contribution >= 4 is 11.8 Å². The number of aliphatic hydroxyl groups is 1. The number of hydrogen-bond acceptors (Lipinski definition) is 5. The van der Waals surface area contributed by atoms with Crippen molar-refractivity contribution in [3.05, 3.63) is 65.2 Å². The number of hydrogen-bond donors (Lipinski definition) is 3. The van der Waals surface area contributed by atoms with Crippen LogP contribution in [0, 0.1) is 0 Å². The van der Waals surface area contributed by atoms with Crippen LogP contribution in [0.1, 0.15) is 36.5 Å². The molecule has 4 N–H and O–H groups in total.